The van der Waals surface area contributed by atoms with E-state index in [9.17, 15) is 9.90 Å². The molecule has 2 N–H and O–H groups in total. The number of nitrogens with one attached hydrogen (secondary N) is 1. The Morgan fingerprint density at radius 2 is 1.96 bits per heavy atom. The number of thiazole rings is 1. The molecule has 2 heterocycles. The number of aliphatic hydroxyl groups excluding tert-OH is 1. The van der Waals surface area contributed by atoms with Gasteiger partial charge in [-0.25, -0.2) is 4.98 Å². The molecule has 0 atom stereocenters. The lowest BCUT2D eigenvalue weighted by Crippen LogP contribution is -2.35. The average Bonchev–Trinajstić information content (AvgIpc) is 2.91. The number of aryl methyl sites for hydroxylation is 2. The summed E-state index contributed by atoms with van der Waals surface area (Å²) in [5.74, 6) is -0.0827. The van der Waals surface area contributed by atoms with Crippen LogP contribution in [0.2, 0.25) is 0 Å². The molecular formula is C18H23N3O2S. The van der Waals surface area contributed by atoms with Gasteiger partial charge in [-0.05, 0) is 51.0 Å². The smallest absolute Gasteiger partial charge is 0.251 e. The van der Waals surface area contributed by atoms with Crippen molar-refractivity contribution in [3.05, 3.63) is 45.4 Å². The molecule has 1 aromatic carbocycles. The lowest BCUT2D eigenvalue weighted by atomic mass is 10.1. The fourth-order valence-electron chi connectivity index (χ4n) is 2.95. The molecule has 0 aliphatic carbocycles. The highest BCUT2D eigenvalue weighted by Gasteiger charge is 2.17. The van der Waals surface area contributed by atoms with Crippen LogP contribution < -0.4 is 10.2 Å². The summed E-state index contributed by atoms with van der Waals surface area (Å²) in [6.07, 6.45) is 1.42. The van der Waals surface area contributed by atoms with E-state index in [0.29, 0.717) is 12.1 Å². The van der Waals surface area contributed by atoms with Crippen LogP contribution in [0.5, 0.6) is 0 Å². The van der Waals surface area contributed by atoms with E-state index in [0.717, 1.165) is 47.2 Å². The fourth-order valence-corrected chi connectivity index (χ4v) is 3.78. The summed E-state index contributed by atoms with van der Waals surface area (Å²) in [6.45, 7) is 6.17. The standard InChI is InChI=1S/C18H23N3O2S/c1-12-17(20-13(2)24-12)11-19-18(23)14-3-5-15(6-4-14)21-9-7-16(22)8-10-21/h3-6,16,22H,7-11H2,1-2H3,(H,19,23). The predicted molar refractivity (Wildman–Crippen MR) is 96.7 cm³/mol. The van der Waals surface area contributed by atoms with Gasteiger partial charge >= 0.3 is 0 Å². The Kier molecular flexibility index (Phi) is 5.16. The van der Waals surface area contributed by atoms with Gasteiger partial charge in [0.2, 0.25) is 0 Å². The Bertz CT molecular complexity index is 704. The van der Waals surface area contributed by atoms with E-state index in [2.05, 4.69) is 15.2 Å². The number of aromatic nitrogens is 1. The Morgan fingerprint density at radius 1 is 1.29 bits per heavy atom. The molecule has 128 valence electrons. The molecule has 0 bridgehead atoms. The molecule has 1 aliphatic rings. The average molecular weight is 345 g/mol. The Morgan fingerprint density at radius 3 is 2.54 bits per heavy atom. The summed E-state index contributed by atoms with van der Waals surface area (Å²) in [6, 6.07) is 7.67. The van der Waals surface area contributed by atoms with Gasteiger partial charge in [-0.15, -0.1) is 11.3 Å². The third-order valence-electron chi connectivity index (χ3n) is 4.38. The molecular weight excluding hydrogens is 322 g/mol. The normalized spacial score (nSPS) is 15.5. The zero-order chi connectivity index (χ0) is 17.1. The van der Waals surface area contributed by atoms with Crippen LogP contribution >= 0.6 is 11.3 Å². The van der Waals surface area contributed by atoms with Crippen LogP contribution in [0.15, 0.2) is 24.3 Å². The van der Waals surface area contributed by atoms with Crippen molar-refractivity contribution in [2.24, 2.45) is 0 Å². The predicted octanol–water partition coefficient (Wildman–Crippen LogP) is 2.65. The summed E-state index contributed by atoms with van der Waals surface area (Å²) in [5, 5.41) is 13.5. The minimum atomic E-state index is -0.177. The molecule has 1 aliphatic heterocycles. The molecule has 1 aromatic heterocycles. The van der Waals surface area contributed by atoms with Gasteiger partial charge in [-0.3, -0.25) is 4.79 Å². The first-order valence-electron chi connectivity index (χ1n) is 8.27. The van der Waals surface area contributed by atoms with Crippen LogP contribution in [0.1, 0.15) is 38.8 Å². The van der Waals surface area contributed by atoms with Crippen molar-refractivity contribution in [1.29, 1.82) is 0 Å². The lowest BCUT2D eigenvalue weighted by Gasteiger charge is -2.31. The summed E-state index contributed by atoms with van der Waals surface area (Å²) in [5.41, 5.74) is 2.69. The van der Waals surface area contributed by atoms with Gasteiger partial charge in [0.1, 0.15) is 0 Å². The largest absolute Gasteiger partial charge is 0.393 e. The van der Waals surface area contributed by atoms with Crippen LogP contribution in [-0.4, -0.2) is 35.2 Å². The number of carbonyl (C=O) groups is 1. The quantitative estimate of drug-likeness (QED) is 0.894. The molecule has 0 saturated carbocycles. The Labute approximate surface area is 146 Å². The van der Waals surface area contributed by atoms with E-state index < -0.39 is 0 Å². The molecule has 1 saturated heterocycles. The SMILES string of the molecule is Cc1nc(CNC(=O)c2ccc(N3CCC(O)CC3)cc2)c(C)s1. The number of piperidine rings is 1. The summed E-state index contributed by atoms with van der Waals surface area (Å²) in [4.78, 5) is 20.1. The number of hydrogen-bond donors (Lipinski definition) is 2. The van der Waals surface area contributed by atoms with Crippen molar-refractivity contribution in [3.63, 3.8) is 0 Å². The highest BCUT2D eigenvalue weighted by Crippen LogP contribution is 2.21. The van der Waals surface area contributed by atoms with Crippen LogP contribution in [0.3, 0.4) is 0 Å². The molecule has 24 heavy (non-hydrogen) atoms. The number of aliphatic hydroxyl groups is 1. The minimum absolute atomic E-state index is 0.0827. The number of rotatable bonds is 4. The fraction of sp³-hybridized carbons (Fsp3) is 0.444. The number of carbonyl (C=O) groups excluding carboxylic acids is 1. The first-order valence-corrected chi connectivity index (χ1v) is 9.09. The van der Waals surface area contributed by atoms with E-state index >= 15 is 0 Å². The van der Waals surface area contributed by atoms with Crippen molar-refractivity contribution < 1.29 is 9.90 Å². The van der Waals surface area contributed by atoms with E-state index in [1.807, 2.05) is 38.1 Å². The zero-order valence-electron chi connectivity index (χ0n) is 14.1. The summed E-state index contributed by atoms with van der Waals surface area (Å²) in [7, 11) is 0. The molecule has 2 aromatic rings. The summed E-state index contributed by atoms with van der Waals surface area (Å²) >= 11 is 1.65. The molecule has 0 spiro atoms. The number of benzene rings is 1. The first-order chi connectivity index (χ1) is 11.5. The molecule has 1 fully saturated rings. The van der Waals surface area contributed by atoms with Crippen molar-refractivity contribution in [1.82, 2.24) is 10.3 Å². The van der Waals surface area contributed by atoms with Crippen molar-refractivity contribution in [2.75, 3.05) is 18.0 Å². The Balaban J connectivity index is 1.58. The van der Waals surface area contributed by atoms with E-state index in [1.165, 1.54) is 0 Å². The summed E-state index contributed by atoms with van der Waals surface area (Å²) < 4.78 is 0. The highest BCUT2D eigenvalue weighted by molar-refractivity contribution is 7.11. The van der Waals surface area contributed by atoms with Crippen molar-refractivity contribution in [2.45, 2.75) is 39.3 Å². The Hall–Kier alpha value is -1.92. The molecule has 6 heteroatoms. The number of hydrogen-bond acceptors (Lipinski definition) is 5. The zero-order valence-corrected chi connectivity index (χ0v) is 14.9. The second-order valence-electron chi connectivity index (χ2n) is 6.18. The molecule has 0 radical (unpaired) electrons. The second kappa shape index (κ2) is 7.32. The first kappa shape index (κ1) is 16.9. The topological polar surface area (TPSA) is 65.5 Å². The monoisotopic (exact) mass is 345 g/mol. The molecule has 1 amide bonds. The molecule has 5 nitrogen and oxygen atoms in total. The molecule has 3 rings (SSSR count). The third kappa shape index (κ3) is 3.94. The van der Waals surface area contributed by atoms with E-state index in [4.69, 9.17) is 0 Å². The number of amides is 1. The maximum Gasteiger partial charge on any atom is 0.251 e. The minimum Gasteiger partial charge on any atom is -0.393 e. The van der Waals surface area contributed by atoms with Crippen LogP contribution in [0.4, 0.5) is 5.69 Å². The van der Waals surface area contributed by atoms with Crippen LogP contribution in [0.25, 0.3) is 0 Å². The number of nitrogens with zero attached hydrogens (tertiary/aromatic N) is 2. The third-order valence-corrected chi connectivity index (χ3v) is 5.30. The van der Waals surface area contributed by atoms with Gasteiger partial charge < -0.3 is 15.3 Å². The lowest BCUT2D eigenvalue weighted by molar-refractivity contribution is 0.0950. The number of anilines is 1. The molecule has 0 unspecified atom stereocenters. The van der Waals surface area contributed by atoms with Crippen molar-refractivity contribution in [3.8, 4) is 0 Å². The maximum atomic E-state index is 12.3. The van der Waals surface area contributed by atoms with Gasteiger partial charge in [-0.2, -0.15) is 0 Å². The van der Waals surface area contributed by atoms with Gasteiger partial charge in [-0.1, -0.05) is 0 Å². The van der Waals surface area contributed by atoms with E-state index in [1.54, 1.807) is 11.3 Å². The van der Waals surface area contributed by atoms with Crippen LogP contribution in [-0.2, 0) is 6.54 Å². The van der Waals surface area contributed by atoms with Gasteiger partial charge in [0.05, 0.1) is 23.4 Å². The van der Waals surface area contributed by atoms with E-state index in [-0.39, 0.29) is 12.0 Å². The van der Waals surface area contributed by atoms with Gasteiger partial charge in [0.25, 0.3) is 5.91 Å². The van der Waals surface area contributed by atoms with Crippen molar-refractivity contribution >= 4 is 22.9 Å². The second-order valence-corrected chi connectivity index (χ2v) is 7.59. The highest BCUT2D eigenvalue weighted by atomic mass is 32.1. The van der Waals surface area contributed by atoms with Crippen LogP contribution in [0, 0.1) is 13.8 Å². The van der Waals surface area contributed by atoms with Gasteiger partial charge in [0, 0.05) is 29.2 Å². The maximum absolute atomic E-state index is 12.3. The van der Waals surface area contributed by atoms with Gasteiger partial charge in [0.15, 0.2) is 0 Å².